The van der Waals surface area contributed by atoms with Gasteiger partial charge in [-0.3, -0.25) is 9.47 Å². The van der Waals surface area contributed by atoms with Gasteiger partial charge >= 0.3 is 0 Å². The molecular formula is C26H30N6O2S. The van der Waals surface area contributed by atoms with Gasteiger partial charge in [0.25, 0.3) is 0 Å². The summed E-state index contributed by atoms with van der Waals surface area (Å²) in [7, 11) is 3.33. The van der Waals surface area contributed by atoms with Crippen molar-refractivity contribution >= 4 is 22.2 Å². The number of ether oxygens (including phenoxy) is 2. The number of anilines is 2. The van der Waals surface area contributed by atoms with Crippen molar-refractivity contribution in [3.05, 3.63) is 78.1 Å². The molecule has 1 aliphatic heterocycles. The number of rotatable bonds is 9. The number of piperazine rings is 1. The van der Waals surface area contributed by atoms with Crippen LogP contribution in [0.5, 0.6) is 11.5 Å². The average Bonchev–Trinajstić information content (AvgIpc) is 3.58. The number of nitrogens with zero attached hydrogens (tertiary/aromatic N) is 5. The monoisotopic (exact) mass is 490 g/mol. The Bertz CT molecular complexity index is 1230. The summed E-state index contributed by atoms with van der Waals surface area (Å²) in [4.78, 5) is 4.83. The van der Waals surface area contributed by atoms with E-state index >= 15 is 0 Å². The van der Waals surface area contributed by atoms with Gasteiger partial charge in [0.15, 0.2) is 0 Å². The molecule has 0 amide bonds. The van der Waals surface area contributed by atoms with Crippen LogP contribution in [0.3, 0.4) is 0 Å². The Morgan fingerprint density at radius 3 is 2.46 bits per heavy atom. The zero-order valence-electron chi connectivity index (χ0n) is 20.1. The second-order valence-corrected chi connectivity index (χ2v) is 9.34. The molecule has 0 aliphatic carbocycles. The predicted octanol–water partition coefficient (Wildman–Crippen LogP) is 4.28. The molecule has 2 aromatic heterocycles. The highest BCUT2D eigenvalue weighted by Crippen LogP contribution is 2.30. The molecule has 9 heteroatoms. The fourth-order valence-electron chi connectivity index (χ4n) is 4.26. The quantitative estimate of drug-likeness (QED) is 0.376. The summed E-state index contributed by atoms with van der Waals surface area (Å²) in [6.07, 6.45) is 2.03. The van der Waals surface area contributed by atoms with Crippen molar-refractivity contribution in [3.8, 4) is 16.6 Å². The molecule has 0 unspecified atom stereocenters. The molecule has 8 nitrogen and oxygen atoms in total. The van der Waals surface area contributed by atoms with E-state index < -0.39 is 0 Å². The predicted molar refractivity (Wildman–Crippen MR) is 140 cm³/mol. The lowest BCUT2D eigenvalue weighted by Crippen LogP contribution is -2.45. The topological polar surface area (TPSA) is 67.7 Å². The SMILES string of the molecule is COc1ccc(OC)c(NCc2cccn2-c2nnc(N3CCN(Cc4ccccc4)CC3)s2)c1. The molecule has 35 heavy (non-hydrogen) atoms. The third-order valence-corrected chi connectivity index (χ3v) is 7.18. The highest BCUT2D eigenvalue weighted by atomic mass is 32.1. The number of hydrogen-bond acceptors (Lipinski definition) is 8. The molecule has 2 aromatic carbocycles. The Balaban J connectivity index is 1.22. The van der Waals surface area contributed by atoms with E-state index in [1.165, 1.54) is 5.56 Å². The van der Waals surface area contributed by atoms with Gasteiger partial charge in [-0.05, 0) is 29.8 Å². The van der Waals surface area contributed by atoms with Gasteiger partial charge in [-0.25, -0.2) is 0 Å². The largest absolute Gasteiger partial charge is 0.497 e. The smallest absolute Gasteiger partial charge is 0.218 e. The minimum atomic E-state index is 0.615. The lowest BCUT2D eigenvalue weighted by atomic mass is 10.2. The van der Waals surface area contributed by atoms with Crippen LogP contribution >= 0.6 is 11.3 Å². The molecule has 4 aromatic rings. The molecule has 0 spiro atoms. The lowest BCUT2D eigenvalue weighted by Gasteiger charge is -2.34. The van der Waals surface area contributed by atoms with Crippen LogP contribution in [-0.2, 0) is 13.1 Å². The number of aromatic nitrogens is 3. The Morgan fingerprint density at radius 2 is 1.69 bits per heavy atom. The molecular weight excluding hydrogens is 460 g/mol. The van der Waals surface area contributed by atoms with E-state index in [1.54, 1.807) is 25.6 Å². The summed E-state index contributed by atoms with van der Waals surface area (Å²) in [5, 5.41) is 14.3. The standard InChI is InChI=1S/C26H30N6O2S/c1-33-22-10-11-24(34-2)23(17-22)27-18-21-9-6-12-32(21)26-29-28-25(35-26)31-15-13-30(14-16-31)19-20-7-4-3-5-8-20/h3-12,17,27H,13-16,18-19H2,1-2H3. The second-order valence-electron chi connectivity index (χ2n) is 8.41. The van der Waals surface area contributed by atoms with Crippen LogP contribution in [0.15, 0.2) is 66.9 Å². The van der Waals surface area contributed by atoms with Crippen LogP contribution in [0.4, 0.5) is 10.8 Å². The number of hydrogen-bond donors (Lipinski definition) is 1. The molecule has 1 N–H and O–H groups in total. The van der Waals surface area contributed by atoms with Crippen LogP contribution in [-0.4, -0.2) is 60.1 Å². The molecule has 0 radical (unpaired) electrons. The zero-order chi connectivity index (χ0) is 24.0. The Hall–Kier alpha value is -3.56. The van der Waals surface area contributed by atoms with E-state index in [2.05, 4.69) is 66.3 Å². The maximum absolute atomic E-state index is 5.49. The van der Waals surface area contributed by atoms with Crippen molar-refractivity contribution in [1.29, 1.82) is 0 Å². The van der Waals surface area contributed by atoms with Crippen LogP contribution in [0.2, 0.25) is 0 Å². The van der Waals surface area contributed by atoms with Gasteiger partial charge in [0, 0.05) is 50.7 Å². The Labute approximate surface area is 209 Å². The molecule has 182 valence electrons. The fraction of sp³-hybridized carbons (Fsp3) is 0.308. The summed E-state index contributed by atoms with van der Waals surface area (Å²) < 4.78 is 12.9. The number of methoxy groups -OCH3 is 2. The third kappa shape index (κ3) is 5.41. The van der Waals surface area contributed by atoms with Gasteiger partial charge in [0.2, 0.25) is 10.3 Å². The van der Waals surface area contributed by atoms with Gasteiger partial charge in [0.1, 0.15) is 11.5 Å². The third-order valence-electron chi connectivity index (χ3n) is 6.20. The van der Waals surface area contributed by atoms with E-state index in [-0.39, 0.29) is 0 Å². The van der Waals surface area contributed by atoms with Gasteiger partial charge < -0.3 is 19.7 Å². The average molecular weight is 491 g/mol. The van der Waals surface area contributed by atoms with Gasteiger partial charge in [0.05, 0.1) is 26.5 Å². The lowest BCUT2D eigenvalue weighted by molar-refractivity contribution is 0.249. The first kappa shape index (κ1) is 23.2. The normalized spacial score (nSPS) is 14.2. The molecule has 1 saturated heterocycles. The molecule has 3 heterocycles. The molecule has 0 bridgehead atoms. The van der Waals surface area contributed by atoms with E-state index in [1.807, 2.05) is 30.5 Å². The molecule has 1 fully saturated rings. The number of benzene rings is 2. The summed E-state index contributed by atoms with van der Waals surface area (Å²) >= 11 is 1.63. The fourth-order valence-corrected chi connectivity index (χ4v) is 5.17. The first-order valence-electron chi connectivity index (χ1n) is 11.7. The van der Waals surface area contributed by atoms with Crippen molar-refractivity contribution in [2.45, 2.75) is 13.1 Å². The van der Waals surface area contributed by atoms with Crippen molar-refractivity contribution in [2.24, 2.45) is 0 Å². The molecule has 0 atom stereocenters. The minimum absolute atomic E-state index is 0.615. The van der Waals surface area contributed by atoms with Gasteiger partial charge in [-0.15, -0.1) is 10.2 Å². The van der Waals surface area contributed by atoms with Crippen molar-refractivity contribution in [3.63, 3.8) is 0 Å². The summed E-state index contributed by atoms with van der Waals surface area (Å²) in [5.41, 5.74) is 3.33. The van der Waals surface area contributed by atoms with Crippen molar-refractivity contribution in [2.75, 3.05) is 50.6 Å². The maximum atomic E-state index is 5.49. The first-order chi connectivity index (χ1) is 17.2. The molecule has 5 rings (SSSR count). The Kier molecular flexibility index (Phi) is 7.15. The second kappa shape index (κ2) is 10.8. The highest BCUT2D eigenvalue weighted by molar-refractivity contribution is 7.17. The van der Waals surface area contributed by atoms with Crippen LogP contribution in [0.25, 0.3) is 5.13 Å². The minimum Gasteiger partial charge on any atom is -0.497 e. The highest BCUT2D eigenvalue weighted by Gasteiger charge is 2.21. The van der Waals surface area contributed by atoms with E-state index in [9.17, 15) is 0 Å². The molecule has 0 saturated carbocycles. The molecule has 1 aliphatic rings. The van der Waals surface area contributed by atoms with Crippen LogP contribution in [0, 0.1) is 0 Å². The van der Waals surface area contributed by atoms with Gasteiger partial charge in [-0.2, -0.15) is 0 Å². The van der Waals surface area contributed by atoms with Crippen LogP contribution in [0.1, 0.15) is 11.3 Å². The van der Waals surface area contributed by atoms with Crippen LogP contribution < -0.4 is 19.7 Å². The Morgan fingerprint density at radius 1 is 0.886 bits per heavy atom. The van der Waals surface area contributed by atoms with Crippen molar-refractivity contribution in [1.82, 2.24) is 19.7 Å². The van der Waals surface area contributed by atoms with Crippen molar-refractivity contribution < 1.29 is 9.47 Å². The van der Waals surface area contributed by atoms with Gasteiger partial charge in [-0.1, -0.05) is 41.7 Å². The first-order valence-corrected chi connectivity index (χ1v) is 12.5. The zero-order valence-corrected chi connectivity index (χ0v) is 20.9. The maximum Gasteiger partial charge on any atom is 0.218 e. The summed E-state index contributed by atoms with van der Waals surface area (Å²) in [6.45, 7) is 5.56. The van der Waals surface area contributed by atoms with E-state index in [0.29, 0.717) is 6.54 Å². The van der Waals surface area contributed by atoms with E-state index in [0.717, 1.165) is 65.9 Å². The summed E-state index contributed by atoms with van der Waals surface area (Å²) in [6, 6.07) is 20.5. The summed E-state index contributed by atoms with van der Waals surface area (Å²) in [5.74, 6) is 1.55. The number of nitrogens with one attached hydrogen (secondary N) is 1. The van der Waals surface area contributed by atoms with E-state index in [4.69, 9.17) is 9.47 Å².